The van der Waals surface area contributed by atoms with Crippen LogP contribution < -0.4 is 5.32 Å². The predicted octanol–water partition coefficient (Wildman–Crippen LogP) is 7.62. The number of pyridine rings is 1. The van der Waals surface area contributed by atoms with E-state index in [1.165, 1.54) is 14.0 Å². The molecule has 2 bridgehead atoms. The summed E-state index contributed by atoms with van der Waals surface area (Å²) in [6, 6.07) is 3.60. The Hall–Kier alpha value is -5.67. The molecule has 0 radical (unpaired) electrons. The number of imidazole rings is 1. The van der Waals surface area contributed by atoms with Gasteiger partial charge in [-0.2, -0.15) is 5.10 Å². The number of carbonyl (C=O) groups excluding carboxylic acids is 3. The number of aromatic hydroxyl groups is 1. The Kier molecular flexibility index (Phi) is 13.2. The van der Waals surface area contributed by atoms with E-state index in [4.69, 9.17) is 14.5 Å². The number of amides is 1. The lowest BCUT2D eigenvalue weighted by Gasteiger charge is -2.30. The number of esters is 1. The van der Waals surface area contributed by atoms with Gasteiger partial charge in [0.2, 0.25) is 5.78 Å². The highest BCUT2D eigenvalue weighted by molar-refractivity contribution is 6.22. The summed E-state index contributed by atoms with van der Waals surface area (Å²) in [6.07, 6.45) is 13.8. The van der Waals surface area contributed by atoms with Gasteiger partial charge in [0.25, 0.3) is 5.91 Å². The van der Waals surface area contributed by atoms with Gasteiger partial charge in [-0.25, -0.2) is 4.98 Å². The van der Waals surface area contributed by atoms with Crippen LogP contribution in [0.3, 0.4) is 0 Å². The van der Waals surface area contributed by atoms with Crippen molar-refractivity contribution in [3.05, 3.63) is 76.7 Å². The van der Waals surface area contributed by atoms with E-state index in [0.29, 0.717) is 29.1 Å². The molecule has 0 spiro atoms. The smallest absolute Gasteiger partial charge is 0.302 e. The molecule has 12 nitrogen and oxygen atoms in total. The van der Waals surface area contributed by atoms with Gasteiger partial charge in [0.15, 0.2) is 5.75 Å². The summed E-state index contributed by atoms with van der Waals surface area (Å²) in [5.41, 5.74) is 2.12. The number of aliphatic hydroxyl groups is 1. The first kappa shape index (κ1) is 41.5. The van der Waals surface area contributed by atoms with Gasteiger partial charge < -0.3 is 30.0 Å². The molecule has 6 atom stereocenters. The van der Waals surface area contributed by atoms with E-state index in [2.05, 4.69) is 50.0 Å². The molecule has 4 unspecified atom stereocenters. The summed E-state index contributed by atoms with van der Waals surface area (Å²) in [6.45, 7) is 11.6. The molecule has 2 aromatic heterocycles. The van der Waals surface area contributed by atoms with Gasteiger partial charge in [-0.3, -0.25) is 18.8 Å². The number of Topliss-reactive ketones (excluding diaryl/α,β-unsaturated/α-hetero) is 1. The average molecular weight is 764 g/mol. The molecule has 1 aliphatic carbocycles. The van der Waals surface area contributed by atoms with Gasteiger partial charge in [0.05, 0.1) is 11.8 Å². The molecule has 2 aliphatic rings. The average Bonchev–Trinajstić information content (AvgIpc) is 3.44. The van der Waals surface area contributed by atoms with Gasteiger partial charge in [-0.05, 0) is 73.5 Å². The minimum Gasteiger partial charge on any atom is -0.512 e. The normalized spacial score (nSPS) is 26.3. The fraction of sp³-hybridized carbons (Fsp3) is 0.432. The molecule has 1 amide bonds. The molecule has 3 N–H and O–H groups in total. The van der Waals surface area contributed by atoms with Crippen molar-refractivity contribution in [1.29, 1.82) is 0 Å². The zero-order valence-electron chi connectivity index (χ0n) is 33.7. The molecule has 5 rings (SSSR count). The highest BCUT2D eigenvalue weighted by Gasteiger charge is 2.35. The highest BCUT2D eigenvalue weighted by atomic mass is 16.5. The van der Waals surface area contributed by atoms with Crippen LogP contribution in [0.2, 0.25) is 0 Å². The minimum atomic E-state index is -1.06. The van der Waals surface area contributed by atoms with Crippen molar-refractivity contribution in [1.82, 2.24) is 14.4 Å². The number of phenols is 1. The van der Waals surface area contributed by atoms with Gasteiger partial charge in [-0.1, -0.05) is 64.0 Å². The van der Waals surface area contributed by atoms with Crippen molar-refractivity contribution in [2.45, 2.75) is 79.4 Å². The Morgan fingerprint density at radius 1 is 1.11 bits per heavy atom. The number of hydrogen-bond acceptors (Lipinski definition) is 10. The molecule has 0 saturated heterocycles. The third kappa shape index (κ3) is 9.23. The number of hydrazone groups is 1. The first-order valence-corrected chi connectivity index (χ1v) is 19.0. The largest absolute Gasteiger partial charge is 0.512 e. The van der Waals surface area contributed by atoms with E-state index < -0.39 is 23.5 Å². The molecule has 296 valence electrons. The Balaban J connectivity index is 1.77. The summed E-state index contributed by atoms with van der Waals surface area (Å²) in [5.74, 6) is 3.80. The van der Waals surface area contributed by atoms with Crippen molar-refractivity contribution in [3.8, 4) is 17.6 Å². The van der Waals surface area contributed by atoms with Crippen LogP contribution in [0, 0.1) is 35.5 Å². The fourth-order valence-electron chi connectivity index (χ4n) is 7.67. The SMILES string of the molecule is COC1C#CC(=O)c2c(O)c3c4c(nc5cc(/C=N/N(C)C)ccn54)c2C1=C(O)C/C=C/C[C@@H](C)C(OC(C)=O)C(C)C[C@H](C)CC(C)/C=C/C=C(/C)C(=O)N3. The van der Waals surface area contributed by atoms with Crippen LogP contribution in [-0.4, -0.2) is 81.9 Å². The maximum atomic E-state index is 13.8. The first-order chi connectivity index (χ1) is 26.6. The number of allylic oxidation sites excluding steroid dienone is 5. The summed E-state index contributed by atoms with van der Waals surface area (Å²) in [4.78, 5) is 44.8. The number of nitrogens with zero attached hydrogens (tertiary/aromatic N) is 4. The molecule has 3 aromatic rings. The van der Waals surface area contributed by atoms with E-state index in [0.717, 1.165) is 18.4 Å². The van der Waals surface area contributed by atoms with Crippen LogP contribution in [0.5, 0.6) is 5.75 Å². The third-order valence-electron chi connectivity index (χ3n) is 10.2. The number of hydrogen-bond donors (Lipinski definition) is 3. The summed E-state index contributed by atoms with van der Waals surface area (Å²) < 4.78 is 13.3. The standard InChI is InChI=1S/C44H53N5O7/c1-25-13-12-15-28(4)44(54)47-40-41-39(46-35-23-31(19-20-49(35)41)24-45-48(7)8)38-36(34(55-9)18-17-33(52)37(38)42(40)53)32(51)16-11-10-14-27(3)43(56-30(6)50)29(5)22-26(2)21-25/h10-13,15,19-20,23-27,29,34,43,51,53H,14,16,21-22H2,1-9H3,(H,47,54)/b11-10+,13-12+,28-15-,36-32?,45-24+/t25?,26-,27-,29?,34?,43?/m1/s1. The van der Waals surface area contributed by atoms with E-state index in [1.54, 1.807) is 55.0 Å². The molecular formula is C44H53N5O7. The third-order valence-corrected chi connectivity index (χ3v) is 10.2. The van der Waals surface area contributed by atoms with Crippen LogP contribution in [0.1, 0.15) is 88.7 Å². The van der Waals surface area contributed by atoms with Crippen molar-refractivity contribution in [3.63, 3.8) is 0 Å². The van der Waals surface area contributed by atoms with E-state index in [1.807, 2.05) is 30.4 Å². The number of aromatic nitrogens is 2. The lowest BCUT2D eigenvalue weighted by Crippen LogP contribution is -2.32. The Bertz CT molecular complexity index is 2230. The topological polar surface area (TPSA) is 155 Å². The molecule has 56 heavy (non-hydrogen) atoms. The summed E-state index contributed by atoms with van der Waals surface area (Å²) in [5, 5.41) is 32.8. The van der Waals surface area contributed by atoms with Gasteiger partial charge in [0, 0.05) is 57.5 Å². The van der Waals surface area contributed by atoms with Crippen LogP contribution in [0.15, 0.2) is 65.1 Å². The van der Waals surface area contributed by atoms with E-state index in [-0.39, 0.29) is 69.9 Å². The van der Waals surface area contributed by atoms with Crippen LogP contribution >= 0.6 is 0 Å². The molecule has 1 aromatic carbocycles. The number of rotatable bonds is 4. The zero-order valence-corrected chi connectivity index (χ0v) is 33.7. The lowest BCUT2D eigenvalue weighted by atomic mass is 9.82. The number of fused-ring (bicyclic) bond motifs is 1. The van der Waals surface area contributed by atoms with E-state index in [9.17, 15) is 24.6 Å². The van der Waals surface area contributed by atoms with Gasteiger partial charge in [0.1, 0.15) is 40.3 Å². The second-order valence-corrected chi connectivity index (χ2v) is 15.3. The fourth-order valence-corrected chi connectivity index (χ4v) is 7.67. The molecule has 0 saturated carbocycles. The first-order valence-electron chi connectivity index (χ1n) is 19.0. The van der Waals surface area contributed by atoms with Gasteiger partial charge in [-0.15, -0.1) is 0 Å². The molecule has 1 aliphatic heterocycles. The van der Waals surface area contributed by atoms with Crippen LogP contribution in [0.4, 0.5) is 5.69 Å². The summed E-state index contributed by atoms with van der Waals surface area (Å²) >= 11 is 0. The quantitative estimate of drug-likeness (QED) is 0.0463. The van der Waals surface area contributed by atoms with E-state index >= 15 is 0 Å². The number of methoxy groups -OCH3 is 1. The molecule has 3 heterocycles. The number of benzene rings is 1. The number of aliphatic hydroxyl groups excluding tert-OH is 1. The van der Waals surface area contributed by atoms with Crippen LogP contribution in [-0.2, 0) is 19.1 Å². The van der Waals surface area contributed by atoms with Gasteiger partial charge >= 0.3 is 5.97 Å². The second kappa shape index (κ2) is 17.9. The number of ketones is 1. The highest BCUT2D eigenvalue weighted by Crippen LogP contribution is 2.45. The van der Waals surface area contributed by atoms with Crippen molar-refractivity contribution >= 4 is 51.8 Å². The van der Waals surface area contributed by atoms with Crippen molar-refractivity contribution in [2.24, 2.45) is 28.8 Å². The Morgan fingerprint density at radius 3 is 2.55 bits per heavy atom. The zero-order chi connectivity index (χ0) is 40.8. The number of phenolic OH excluding ortho intramolecular Hbond substituents is 1. The van der Waals surface area contributed by atoms with Crippen molar-refractivity contribution < 1.29 is 34.1 Å². The number of ether oxygens (including phenoxy) is 2. The maximum Gasteiger partial charge on any atom is 0.302 e. The maximum absolute atomic E-state index is 13.8. The Labute approximate surface area is 328 Å². The molecule has 0 fully saturated rings. The van der Waals surface area contributed by atoms with Crippen molar-refractivity contribution in [2.75, 3.05) is 26.5 Å². The minimum absolute atomic E-state index is 0.0151. The van der Waals surface area contributed by atoms with Crippen LogP contribution in [0.25, 0.3) is 22.3 Å². The number of nitrogens with one attached hydrogen (secondary N) is 1. The number of carbonyl (C=O) groups is 3. The monoisotopic (exact) mass is 763 g/mol. The Morgan fingerprint density at radius 2 is 1.86 bits per heavy atom. The summed E-state index contributed by atoms with van der Waals surface area (Å²) in [7, 11) is 5.03. The molecule has 12 heteroatoms. The lowest BCUT2D eigenvalue weighted by molar-refractivity contribution is -0.152. The predicted molar refractivity (Wildman–Crippen MR) is 219 cm³/mol. The molecular weight excluding hydrogens is 711 g/mol. The second-order valence-electron chi connectivity index (χ2n) is 15.3. The number of anilines is 1.